The van der Waals surface area contributed by atoms with Gasteiger partial charge < -0.3 is 80.0 Å². The Kier molecular flexibility index (Phi) is 17.1. The fraction of sp³-hybridized carbons (Fsp3) is 0.167. The first kappa shape index (κ1) is 49.2. The highest BCUT2D eigenvalue weighted by molar-refractivity contribution is 6.00. The average molecular weight is 941 g/mol. The van der Waals surface area contributed by atoms with E-state index in [0.29, 0.717) is 26.2 Å². The van der Waals surface area contributed by atoms with E-state index in [1.54, 1.807) is 0 Å². The van der Waals surface area contributed by atoms with Gasteiger partial charge in [0.05, 0.1) is 22.8 Å². The minimum atomic E-state index is 0. The second kappa shape index (κ2) is 22.2. The standard InChI is InChI=1S/C48H45N8O4.4ClH/c57-29-25-53-17-9-33(10-18-53)45-37-1-2-38(49-37)46(34-11-19-54(20-12-34)26-30-58)40-5-6-42(51-40)48(36-15-23-56(24-16-36)28-32-60)44-8-7-43(52-44)47(41-4-3-39(45)50-41)35-13-21-55(22-14-35)27-31-59;;;;/h1-24,57-60H,25-32H2,(H,49,50,51,52);4*1H/q+3;;;;/p-3. The molecule has 0 fully saturated rings. The molecule has 0 saturated heterocycles. The van der Waals surface area contributed by atoms with Gasteiger partial charge in [-0.3, -0.25) is 0 Å². The van der Waals surface area contributed by atoms with Crippen LogP contribution >= 0.6 is 0 Å². The van der Waals surface area contributed by atoms with Crippen molar-refractivity contribution in [2.45, 2.75) is 26.2 Å². The molecule has 9 heterocycles. The highest BCUT2D eigenvalue weighted by atomic mass is 35.5. The fourth-order valence-corrected chi connectivity index (χ4v) is 7.97. The van der Waals surface area contributed by atoms with Gasteiger partial charge in [0.1, 0.15) is 26.4 Å². The minimum absolute atomic E-state index is 0. The number of rotatable bonds is 12. The molecule has 330 valence electrons. The van der Waals surface area contributed by atoms with Crippen molar-refractivity contribution in [2.75, 3.05) is 26.4 Å². The Labute approximate surface area is 394 Å². The predicted molar refractivity (Wildman–Crippen MR) is 230 cm³/mol. The number of halogens is 4. The van der Waals surface area contributed by atoms with Crippen LogP contribution in [0.2, 0.25) is 0 Å². The number of aromatic nitrogens is 8. The lowest BCUT2D eigenvalue weighted by molar-refractivity contribution is -0.698. The first-order valence-corrected chi connectivity index (χ1v) is 20.1. The van der Waals surface area contributed by atoms with Crippen LogP contribution in [0.15, 0.2) is 122 Å². The molecule has 0 saturated carbocycles. The Bertz CT molecular complexity index is 2770. The summed E-state index contributed by atoms with van der Waals surface area (Å²) in [4.78, 5) is 18.3. The largest absolute Gasteiger partial charge is 1.00 e. The minimum Gasteiger partial charge on any atom is -1.00 e. The van der Waals surface area contributed by atoms with E-state index in [1.165, 1.54) is 0 Å². The number of nitrogens with one attached hydrogen (secondary N) is 2. The van der Waals surface area contributed by atoms with E-state index in [1.807, 2.05) is 92.1 Å². The number of hydrogen-bond acceptors (Lipinski definition) is 6. The van der Waals surface area contributed by atoms with Crippen LogP contribution in [-0.2, 0) is 26.2 Å². The van der Waals surface area contributed by atoms with Gasteiger partial charge in [-0.25, -0.2) is 28.2 Å². The zero-order valence-corrected chi connectivity index (χ0v) is 37.5. The molecule has 0 radical (unpaired) electrons. The number of fused-ring (bicyclic) bond motifs is 8. The number of aromatic amines is 2. The maximum atomic E-state index is 9.63. The molecule has 0 spiro atoms. The van der Waals surface area contributed by atoms with Crippen LogP contribution in [0.4, 0.5) is 0 Å². The molecule has 64 heavy (non-hydrogen) atoms. The molecule has 7 aromatic rings. The molecular weight excluding hydrogens is 894 g/mol. The van der Waals surface area contributed by atoms with Gasteiger partial charge in [0.25, 0.3) is 0 Å². The Morgan fingerprint density at radius 2 is 0.562 bits per heavy atom. The van der Waals surface area contributed by atoms with Crippen LogP contribution in [-0.4, -0.2) is 66.8 Å². The van der Waals surface area contributed by atoms with Crippen molar-refractivity contribution in [1.82, 2.24) is 19.9 Å². The highest BCUT2D eigenvalue weighted by Gasteiger charge is 2.21. The number of nitrogens with zero attached hydrogens (tertiary/aromatic N) is 6. The second-order valence-corrected chi connectivity index (χ2v) is 14.7. The number of pyridine rings is 4. The van der Waals surface area contributed by atoms with Gasteiger partial charge >= 0.3 is 0 Å². The van der Waals surface area contributed by atoms with Gasteiger partial charge in [0.2, 0.25) is 0 Å². The zero-order chi connectivity index (χ0) is 41.0. The van der Waals surface area contributed by atoms with E-state index in [0.717, 1.165) is 89.4 Å². The molecule has 12 nitrogen and oxygen atoms in total. The molecule has 9 rings (SSSR count). The molecule has 2 aliphatic rings. The fourth-order valence-electron chi connectivity index (χ4n) is 7.97. The molecule has 0 aliphatic carbocycles. The third-order valence-electron chi connectivity index (χ3n) is 10.9. The van der Waals surface area contributed by atoms with Crippen LogP contribution < -0.4 is 67.9 Å². The topological polar surface area (TPSA) is 154 Å². The van der Waals surface area contributed by atoms with Gasteiger partial charge in [-0.2, -0.15) is 0 Å². The lowest BCUT2D eigenvalue weighted by Crippen LogP contribution is -3.00. The third-order valence-corrected chi connectivity index (χ3v) is 10.9. The SMILES string of the molecule is OCC[n+]1ccc(-c2c3nc(c(-c4cc[n+](CCO)cc4)c4ccc([nH]4)c(-c4cc[n+](CCO)cc4)c4ccc([nH]4)c(-c4cc[n+](CCO)cc4)c4nc2C=C4)C=C3)cc1.[Cl-].[Cl-].[Cl-].[Cl-]. The molecule has 0 aromatic carbocycles. The van der Waals surface area contributed by atoms with E-state index in [4.69, 9.17) is 9.97 Å². The number of aliphatic hydroxyl groups excluding tert-OH is 4. The molecule has 2 aliphatic heterocycles. The smallest absolute Gasteiger partial charge is 0.171 e. The van der Waals surface area contributed by atoms with Crippen LogP contribution in [0.1, 0.15) is 22.8 Å². The molecular formula is C48H46Cl4N8O4. The number of hydrogen-bond donors (Lipinski definition) is 6. The summed E-state index contributed by atoms with van der Waals surface area (Å²) in [6, 6.07) is 24.8. The summed E-state index contributed by atoms with van der Waals surface area (Å²) in [7, 11) is 0. The Hall–Kier alpha value is -5.80. The molecule has 0 amide bonds. The monoisotopic (exact) mass is 938 g/mol. The quantitative estimate of drug-likeness (QED) is 0.0671. The van der Waals surface area contributed by atoms with Crippen LogP contribution in [0.5, 0.6) is 0 Å². The molecule has 0 atom stereocenters. The first-order valence-electron chi connectivity index (χ1n) is 20.1. The normalized spacial score (nSPS) is 11.3. The van der Waals surface area contributed by atoms with Gasteiger partial charge in [0, 0.05) is 92.9 Å². The van der Waals surface area contributed by atoms with Gasteiger partial charge in [-0.05, 0) is 70.8 Å². The van der Waals surface area contributed by atoms with Crippen molar-refractivity contribution >= 4 is 46.4 Å². The highest BCUT2D eigenvalue weighted by Crippen LogP contribution is 2.38. The van der Waals surface area contributed by atoms with E-state index < -0.39 is 0 Å². The first-order chi connectivity index (χ1) is 29.5. The summed E-state index contributed by atoms with van der Waals surface area (Å²) < 4.78 is 7.81. The summed E-state index contributed by atoms with van der Waals surface area (Å²) in [5, 5.41) is 38.5. The average Bonchev–Trinajstić information content (AvgIpc) is 4.12. The van der Waals surface area contributed by atoms with Crippen molar-refractivity contribution < 1.29 is 88.3 Å². The maximum Gasteiger partial charge on any atom is 0.171 e. The Balaban J connectivity index is 0.00000193. The van der Waals surface area contributed by atoms with Crippen molar-refractivity contribution in [1.29, 1.82) is 0 Å². The summed E-state index contributed by atoms with van der Waals surface area (Å²) in [5.41, 5.74) is 14.1. The second-order valence-electron chi connectivity index (χ2n) is 14.7. The number of aliphatic hydroxyl groups is 4. The van der Waals surface area contributed by atoms with Gasteiger partial charge in [0.15, 0.2) is 75.8 Å². The summed E-state index contributed by atoms with van der Waals surface area (Å²) in [6.45, 7) is 2.11. The Morgan fingerprint density at radius 3 is 0.844 bits per heavy atom. The van der Waals surface area contributed by atoms with E-state index in [2.05, 4.69) is 82.8 Å². The van der Waals surface area contributed by atoms with E-state index in [9.17, 15) is 20.4 Å². The van der Waals surface area contributed by atoms with E-state index >= 15 is 0 Å². The molecule has 6 N–H and O–H groups in total. The number of H-pyrrole nitrogens is 2. The zero-order valence-electron chi connectivity index (χ0n) is 34.5. The van der Waals surface area contributed by atoms with Crippen molar-refractivity contribution in [3.8, 4) is 44.5 Å². The summed E-state index contributed by atoms with van der Waals surface area (Å²) in [5.74, 6) is 0. The van der Waals surface area contributed by atoms with Crippen LogP contribution in [0.25, 0.3) is 90.9 Å². The summed E-state index contributed by atoms with van der Waals surface area (Å²) >= 11 is 0. The van der Waals surface area contributed by atoms with Crippen LogP contribution in [0, 0.1) is 0 Å². The van der Waals surface area contributed by atoms with Crippen molar-refractivity contribution in [3.05, 3.63) is 145 Å². The predicted octanol–water partition coefficient (Wildman–Crippen LogP) is -7.54. The lowest BCUT2D eigenvalue weighted by Gasteiger charge is -2.06. The van der Waals surface area contributed by atoms with E-state index in [-0.39, 0.29) is 76.1 Å². The maximum absolute atomic E-state index is 9.63. The molecule has 16 heteroatoms. The van der Waals surface area contributed by atoms with Gasteiger partial charge in [-0.15, -0.1) is 0 Å². The Morgan fingerprint density at radius 1 is 0.328 bits per heavy atom. The third kappa shape index (κ3) is 10.1. The molecule has 0 unspecified atom stereocenters. The van der Waals surface area contributed by atoms with Crippen LogP contribution in [0.3, 0.4) is 0 Å². The van der Waals surface area contributed by atoms with Gasteiger partial charge in [-0.1, -0.05) is 0 Å². The molecule has 8 bridgehead atoms. The van der Waals surface area contributed by atoms with Crippen molar-refractivity contribution in [2.24, 2.45) is 0 Å². The lowest BCUT2D eigenvalue weighted by atomic mass is 10.0. The van der Waals surface area contributed by atoms with Crippen molar-refractivity contribution in [3.63, 3.8) is 0 Å². The molecule has 7 aromatic heterocycles. The summed E-state index contributed by atoms with van der Waals surface area (Å²) in [6.07, 6.45) is 24.0.